The molecule has 3 rings (SSSR count). The number of amides is 2. The van der Waals surface area contributed by atoms with Gasteiger partial charge in [-0.3, -0.25) is 4.98 Å². The van der Waals surface area contributed by atoms with Crippen LogP contribution in [0.15, 0.2) is 41.9 Å². The van der Waals surface area contributed by atoms with Crippen LogP contribution in [0.1, 0.15) is 29.5 Å². The summed E-state index contributed by atoms with van der Waals surface area (Å²) in [5.74, 6) is 0. The van der Waals surface area contributed by atoms with Crippen LogP contribution in [0, 0.1) is 0 Å². The summed E-state index contributed by atoms with van der Waals surface area (Å²) in [6.45, 7) is 1.47. The third kappa shape index (κ3) is 3.42. The Morgan fingerprint density at radius 2 is 2.33 bits per heavy atom. The highest BCUT2D eigenvalue weighted by Crippen LogP contribution is 2.34. The number of pyridine rings is 1. The Bertz CT molecular complexity index is 570. The minimum absolute atomic E-state index is 0.0434. The van der Waals surface area contributed by atoms with Crippen LogP contribution in [0.5, 0.6) is 0 Å². The molecule has 0 aliphatic carbocycles. The van der Waals surface area contributed by atoms with E-state index in [9.17, 15) is 4.79 Å². The molecule has 1 N–H and O–H groups in total. The molecular formula is C16H19N3OS. The average Bonchev–Trinajstić information content (AvgIpc) is 3.19. The molecule has 2 aromatic heterocycles. The van der Waals surface area contributed by atoms with Crippen LogP contribution in [-0.2, 0) is 6.42 Å². The van der Waals surface area contributed by atoms with Crippen molar-refractivity contribution in [3.63, 3.8) is 0 Å². The van der Waals surface area contributed by atoms with E-state index in [1.807, 2.05) is 23.1 Å². The van der Waals surface area contributed by atoms with Gasteiger partial charge in [0.2, 0.25) is 0 Å². The van der Waals surface area contributed by atoms with Gasteiger partial charge in [-0.1, -0.05) is 12.1 Å². The predicted octanol–water partition coefficient (Wildman–Crippen LogP) is 3.23. The van der Waals surface area contributed by atoms with Gasteiger partial charge in [0.05, 0.1) is 6.04 Å². The maximum Gasteiger partial charge on any atom is 0.317 e. The molecule has 1 saturated heterocycles. The molecule has 5 heteroatoms. The zero-order valence-corrected chi connectivity index (χ0v) is 12.7. The molecule has 0 aromatic carbocycles. The van der Waals surface area contributed by atoms with E-state index in [1.165, 1.54) is 4.88 Å². The normalized spacial score (nSPS) is 17.9. The predicted molar refractivity (Wildman–Crippen MR) is 84.3 cm³/mol. The molecular weight excluding hydrogens is 282 g/mol. The molecule has 4 nitrogen and oxygen atoms in total. The number of carbonyl (C=O) groups excluding carboxylic acids is 1. The first-order valence-corrected chi connectivity index (χ1v) is 8.20. The highest BCUT2D eigenvalue weighted by molar-refractivity contribution is 7.10. The van der Waals surface area contributed by atoms with Gasteiger partial charge in [0.15, 0.2) is 0 Å². The van der Waals surface area contributed by atoms with Gasteiger partial charge >= 0.3 is 6.03 Å². The van der Waals surface area contributed by atoms with Crippen molar-refractivity contribution in [3.05, 3.63) is 52.5 Å². The summed E-state index contributed by atoms with van der Waals surface area (Å²) in [4.78, 5) is 19.9. The van der Waals surface area contributed by atoms with Crippen molar-refractivity contribution >= 4 is 17.4 Å². The first kappa shape index (κ1) is 14.1. The number of aromatic nitrogens is 1. The number of thiophene rings is 1. The molecule has 0 spiro atoms. The van der Waals surface area contributed by atoms with E-state index in [-0.39, 0.29) is 12.1 Å². The largest absolute Gasteiger partial charge is 0.338 e. The molecule has 0 radical (unpaired) electrons. The molecule has 1 atom stereocenters. The van der Waals surface area contributed by atoms with Crippen LogP contribution in [0.25, 0.3) is 0 Å². The lowest BCUT2D eigenvalue weighted by molar-refractivity contribution is 0.194. The third-order valence-corrected chi connectivity index (χ3v) is 4.74. The summed E-state index contributed by atoms with van der Waals surface area (Å²) >= 11 is 1.73. The summed E-state index contributed by atoms with van der Waals surface area (Å²) in [6.07, 6.45) is 4.69. The smallest absolute Gasteiger partial charge is 0.317 e. The number of hydrogen-bond acceptors (Lipinski definition) is 3. The maximum absolute atomic E-state index is 12.3. The molecule has 0 unspecified atom stereocenters. The van der Waals surface area contributed by atoms with Gasteiger partial charge < -0.3 is 10.2 Å². The monoisotopic (exact) mass is 301 g/mol. The van der Waals surface area contributed by atoms with Crippen molar-refractivity contribution in [1.82, 2.24) is 15.2 Å². The number of carbonyl (C=O) groups is 1. The van der Waals surface area contributed by atoms with E-state index in [0.717, 1.165) is 31.5 Å². The second-order valence-electron chi connectivity index (χ2n) is 5.17. The van der Waals surface area contributed by atoms with Crippen molar-refractivity contribution < 1.29 is 4.79 Å². The quantitative estimate of drug-likeness (QED) is 0.942. The van der Waals surface area contributed by atoms with Gasteiger partial charge in [-0.15, -0.1) is 11.3 Å². The van der Waals surface area contributed by atoms with E-state index in [4.69, 9.17) is 0 Å². The van der Waals surface area contributed by atoms with Gasteiger partial charge in [-0.05, 0) is 36.4 Å². The SMILES string of the molecule is O=C(NCCc1ccccn1)N1CCC[C@@H]1c1cccs1. The third-order valence-electron chi connectivity index (χ3n) is 3.77. The molecule has 110 valence electrons. The Morgan fingerprint density at radius 3 is 3.10 bits per heavy atom. The molecule has 21 heavy (non-hydrogen) atoms. The number of nitrogens with zero attached hydrogens (tertiary/aromatic N) is 2. The first-order chi connectivity index (χ1) is 10.3. The molecule has 0 bridgehead atoms. The fourth-order valence-electron chi connectivity index (χ4n) is 2.73. The lowest BCUT2D eigenvalue weighted by Gasteiger charge is -2.24. The van der Waals surface area contributed by atoms with Crippen LogP contribution in [0.4, 0.5) is 4.79 Å². The van der Waals surface area contributed by atoms with Crippen LogP contribution >= 0.6 is 11.3 Å². The van der Waals surface area contributed by atoms with Crippen LogP contribution < -0.4 is 5.32 Å². The van der Waals surface area contributed by atoms with E-state index in [0.29, 0.717) is 6.54 Å². The highest BCUT2D eigenvalue weighted by atomic mass is 32.1. The van der Waals surface area contributed by atoms with Crippen LogP contribution in [0.2, 0.25) is 0 Å². The van der Waals surface area contributed by atoms with Crippen LogP contribution in [0.3, 0.4) is 0 Å². The van der Waals surface area contributed by atoms with E-state index < -0.39 is 0 Å². The Labute approximate surface area is 128 Å². The van der Waals surface area contributed by atoms with Gasteiger partial charge in [0, 0.05) is 36.3 Å². The van der Waals surface area contributed by atoms with E-state index >= 15 is 0 Å². The fourth-order valence-corrected chi connectivity index (χ4v) is 3.61. The number of likely N-dealkylation sites (tertiary alicyclic amines) is 1. The first-order valence-electron chi connectivity index (χ1n) is 7.32. The Balaban J connectivity index is 1.53. The lowest BCUT2D eigenvalue weighted by atomic mass is 10.2. The summed E-state index contributed by atoms with van der Waals surface area (Å²) in [5, 5.41) is 5.09. The standard InChI is InChI=1S/C16H19N3OS/c20-16(18-10-8-13-5-1-2-9-17-13)19-11-3-6-14(19)15-7-4-12-21-15/h1-2,4-5,7,9,12,14H,3,6,8,10-11H2,(H,18,20)/t14-/m1/s1. The lowest BCUT2D eigenvalue weighted by Crippen LogP contribution is -2.40. The molecule has 1 aliphatic rings. The average molecular weight is 301 g/mol. The zero-order valence-electron chi connectivity index (χ0n) is 11.9. The molecule has 2 aromatic rings. The van der Waals surface area contributed by atoms with Crippen molar-refractivity contribution in [2.45, 2.75) is 25.3 Å². The summed E-state index contributed by atoms with van der Waals surface area (Å²) in [6, 6.07) is 10.3. The molecule has 1 aliphatic heterocycles. The number of nitrogens with one attached hydrogen (secondary N) is 1. The fraction of sp³-hybridized carbons (Fsp3) is 0.375. The minimum Gasteiger partial charge on any atom is -0.338 e. The van der Waals surface area contributed by atoms with Crippen LogP contribution in [-0.4, -0.2) is 29.0 Å². The number of hydrogen-bond donors (Lipinski definition) is 1. The van der Waals surface area contributed by atoms with Gasteiger partial charge in [-0.2, -0.15) is 0 Å². The Hall–Kier alpha value is -1.88. The summed E-state index contributed by atoms with van der Waals surface area (Å²) in [7, 11) is 0. The minimum atomic E-state index is 0.0434. The number of urea groups is 1. The molecule has 0 saturated carbocycles. The van der Waals surface area contributed by atoms with Gasteiger partial charge in [0.1, 0.15) is 0 Å². The van der Waals surface area contributed by atoms with E-state index in [1.54, 1.807) is 17.5 Å². The van der Waals surface area contributed by atoms with Gasteiger partial charge in [-0.25, -0.2) is 4.79 Å². The second-order valence-corrected chi connectivity index (χ2v) is 6.15. The second kappa shape index (κ2) is 6.72. The maximum atomic E-state index is 12.3. The highest BCUT2D eigenvalue weighted by Gasteiger charge is 2.30. The van der Waals surface area contributed by atoms with Crippen molar-refractivity contribution in [3.8, 4) is 0 Å². The van der Waals surface area contributed by atoms with E-state index in [2.05, 4.69) is 27.8 Å². The molecule has 1 fully saturated rings. The summed E-state index contributed by atoms with van der Waals surface area (Å²) < 4.78 is 0. The van der Waals surface area contributed by atoms with Crippen molar-refractivity contribution in [2.24, 2.45) is 0 Å². The Kier molecular flexibility index (Phi) is 4.50. The van der Waals surface area contributed by atoms with Gasteiger partial charge in [0.25, 0.3) is 0 Å². The van der Waals surface area contributed by atoms with Crippen molar-refractivity contribution in [2.75, 3.05) is 13.1 Å². The zero-order chi connectivity index (χ0) is 14.5. The summed E-state index contributed by atoms with van der Waals surface area (Å²) in [5.41, 5.74) is 1.01. The Morgan fingerprint density at radius 1 is 1.38 bits per heavy atom. The van der Waals surface area contributed by atoms with Crippen molar-refractivity contribution in [1.29, 1.82) is 0 Å². The molecule has 2 amide bonds. The molecule has 3 heterocycles. The topological polar surface area (TPSA) is 45.2 Å². The number of rotatable bonds is 4.